The highest BCUT2D eigenvalue weighted by atomic mass is 32.2. The summed E-state index contributed by atoms with van der Waals surface area (Å²) < 4.78 is 7.75. The zero-order valence-corrected chi connectivity index (χ0v) is 17.3. The van der Waals surface area contributed by atoms with E-state index in [1.54, 1.807) is 11.4 Å². The van der Waals surface area contributed by atoms with Crippen molar-refractivity contribution >= 4 is 34.0 Å². The molecule has 1 unspecified atom stereocenters. The Morgan fingerprint density at radius 1 is 1.36 bits per heavy atom. The van der Waals surface area contributed by atoms with Crippen molar-refractivity contribution in [2.24, 2.45) is 7.05 Å². The number of nitriles is 1. The van der Waals surface area contributed by atoms with Gasteiger partial charge in [-0.25, -0.2) is 0 Å². The topological polar surface area (TPSA) is 92.8 Å². The van der Waals surface area contributed by atoms with Crippen LogP contribution in [0.2, 0.25) is 0 Å². The highest BCUT2D eigenvalue weighted by Gasteiger charge is 2.18. The number of rotatable bonds is 7. The molecule has 0 saturated heterocycles. The number of anilines is 1. The van der Waals surface area contributed by atoms with Gasteiger partial charge in [0, 0.05) is 7.05 Å². The summed E-state index contributed by atoms with van der Waals surface area (Å²) in [5.41, 5.74) is 1.63. The number of carbonyl (C=O) groups is 1. The number of hydrogen-bond donors (Lipinski definition) is 1. The molecular weight excluding hydrogens is 394 g/mol. The summed E-state index contributed by atoms with van der Waals surface area (Å²) in [6.07, 6.45) is -0.285. The summed E-state index contributed by atoms with van der Waals surface area (Å²) in [6.45, 7) is 3.93. The molecule has 0 fully saturated rings. The molecule has 144 valence electrons. The van der Waals surface area contributed by atoms with E-state index in [0.717, 1.165) is 5.75 Å². The number of benzene rings is 1. The van der Waals surface area contributed by atoms with Gasteiger partial charge in [-0.15, -0.1) is 21.5 Å². The molecule has 0 aliphatic heterocycles. The lowest BCUT2D eigenvalue weighted by atomic mass is 10.2. The van der Waals surface area contributed by atoms with Gasteiger partial charge in [-0.3, -0.25) is 4.79 Å². The normalized spacial score (nSPS) is 11.6. The number of carbonyl (C=O) groups excluding carboxylic acids is 1. The van der Waals surface area contributed by atoms with Crippen molar-refractivity contribution in [1.29, 1.82) is 5.26 Å². The van der Waals surface area contributed by atoms with E-state index >= 15 is 0 Å². The Labute approximate surface area is 171 Å². The van der Waals surface area contributed by atoms with Crippen LogP contribution in [0.1, 0.15) is 30.0 Å². The molecule has 3 aromatic rings. The SMILES string of the molecule is Cc1ccc(OC(C)c2nnc(SCC(=O)Nc3sccc3C#N)n2C)cc1. The monoisotopic (exact) mass is 413 g/mol. The molecule has 0 bridgehead atoms. The molecule has 2 heterocycles. The van der Waals surface area contributed by atoms with Gasteiger partial charge in [-0.2, -0.15) is 5.26 Å². The van der Waals surface area contributed by atoms with E-state index in [4.69, 9.17) is 10.00 Å². The first-order valence-corrected chi connectivity index (χ1v) is 10.4. The minimum absolute atomic E-state index is 0.169. The summed E-state index contributed by atoms with van der Waals surface area (Å²) >= 11 is 2.60. The van der Waals surface area contributed by atoms with E-state index in [9.17, 15) is 4.79 Å². The number of aryl methyl sites for hydroxylation is 1. The molecule has 1 amide bonds. The predicted octanol–water partition coefficient (Wildman–Crippen LogP) is 3.93. The van der Waals surface area contributed by atoms with Crippen LogP contribution >= 0.6 is 23.1 Å². The Bertz CT molecular complexity index is 1000. The number of thiophene rings is 1. The van der Waals surface area contributed by atoms with E-state index in [1.807, 2.05) is 49.7 Å². The number of thioether (sulfide) groups is 1. The summed E-state index contributed by atoms with van der Waals surface area (Å²) in [5.74, 6) is 1.41. The number of hydrogen-bond acceptors (Lipinski definition) is 7. The molecular formula is C19H19N5O2S2. The van der Waals surface area contributed by atoms with E-state index in [0.29, 0.717) is 21.5 Å². The minimum Gasteiger partial charge on any atom is -0.483 e. The number of ether oxygens (including phenoxy) is 1. The van der Waals surface area contributed by atoms with Crippen molar-refractivity contribution in [2.45, 2.75) is 25.1 Å². The third kappa shape index (κ3) is 4.71. The second kappa shape index (κ2) is 8.91. The maximum Gasteiger partial charge on any atom is 0.235 e. The van der Waals surface area contributed by atoms with E-state index in [2.05, 4.69) is 21.6 Å². The molecule has 0 aliphatic carbocycles. The predicted molar refractivity (Wildman–Crippen MR) is 110 cm³/mol. The minimum atomic E-state index is -0.285. The summed E-state index contributed by atoms with van der Waals surface area (Å²) in [7, 11) is 1.84. The van der Waals surface area contributed by atoms with Crippen LogP contribution in [0.5, 0.6) is 5.75 Å². The van der Waals surface area contributed by atoms with Gasteiger partial charge in [-0.05, 0) is 37.4 Å². The van der Waals surface area contributed by atoms with Crippen LogP contribution in [-0.4, -0.2) is 26.4 Å². The van der Waals surface area contributed by atoms with Crippen molar-refractivity contribution in [3.8, 4) is 11.8 Å². The van der Waals surface area contributed by atoms with Gasteiger partial charge in [0.15, 0.2) is 17.1 Å². The number of nitrogens with zero attached hydrogens (tertiary/aromatic N) is 4. The van der Waals surface area contributed by atoms with E-state index in [-0.39, 0.29) is 17.8 Å². The van der Waals surface area contributed by atoms with Crippen LogP contribution in [0.15, 0.2) is 40.9 Å². The molecule has 1 atom stereocenters. The molecule has 3 rings (SSSR count). The van der Waals surface area contributed by atoms with Crippen molar-refractivity contribution in [3.05, 3.63) is 52.7 Å². The van der Waals surface area contributed by atoms with Crippen molar-refractivity contribution in [1.82, 2.24) is 14.8 Å². The van der Waals surface area contributed by atoms with Gasteiger partial charge in [-0.1, -0.05) is 29.5 Å². The summed E-state index contributed by atoms with van der Waals surface area (Å²) in [5, 5.41) is 23.1. The lowest BCUT2D eigenvalue weighted by Gasteiger charge is -2.14. The lowest BCUT2D eigenvalue weighted by molar-refractivity contribution is -0.113. The Hall–Kier alpha value is -2.83. The molecule has 1 N–H and O–H groups in total. The summed E-state index contributed by atoms with van der Waals surface area (Å²) in [4.78, 5) is 12.2. The first-order chi connectivity index (χ1) is 13.5. The van der Waals surface area contributed by atoms with E-state index in [1.165, 1.54) is 28.7 Å². The van der Waals surface area contributed by atoms with Crippen molar-refractivity contribution < 1.29 is 9.53 Å². The number of nitrogens with one attached hydrogen (secondary N) is 1. The largest absolute Gasteiger partial charge is 0.483 e. The maximum atomic E-state index is 12.2. The van der Waals surface area contributed by atoms with Gasteiger partial charge < -0.3 is 14.6 Å². The van der Waals surface area contributed by atoms with Crippen molar-refractivity contribution in [3.63, 3.8) is 0 Å². The van der Waals surface area contributed by atoms with Gasteiger partial charge in [0.05, 0.1) is 11.3 Å². The average Bonchev–Trinajstić information content (AvgIpc) is 3.28. The number of amides is 1. The molecule has 28 heavy (non-hydrogen) atoms. The lowest BCUT2D eigenvalue weighted by Crippen LogP contribution is -2.14. The zero-order valence-electron chi connectivity index (χ0n) is 15.7. The number of aromatic nitrogens is 3. The quantitative estimate of drug-likeness (QED) is 0.590. The Morgan fingerprint density at radius 3 is 2.82 bits per heavy atom. The Morgan fingerprint density at radius 2 is 2.11 bits per heavy atom. The molecule has 2 aromatic heterocycles. The highest BCUT2D eigenvalue weighted by molar-refractivity contribution is 7.99. The third-order valence-electron chi connectivity index (χ3n) is 3.94. The van der Waals surface area contributed by atoms with Gasteiger partial charge >= 0.3 is 0 Å². The van der Waals surface area contributed by atoms with Crippen molar-refractivity contribution in [2.75, 3.05) is 11.1 Å². The summed E-state index contributed by atoms with van der Waals surface area (Å²) in [6, 6.07) is 11.5. The second-order valence-corrected chi connectivity index (χ2v) is 7.94. The second-order valence-electron chi connectivity index (χ2n) is 6.08. The smallest absolute Gasteiger partial charge is 0.235 e. The molecule has 1 aromatic carbocycles. The van der Waals surface area contributed by atoms with Crippen LogP contribution in [-0.2, 0) is 11.8 Å². The van der Waals surface area contributed by atoms with Crippen LogP contribution < -0.4 is 10.1 Å². The first-order valence-electron chi connectivity index (χ1n) is 8.50. The molecule has 0 spiro atoms. The van der Waals surface area contributed by atoms with Gasteiger partial charge in [0.2, 0.25) is 5.91 Å². The molecule has 0 radical (unpaired) electrons. The molecule has 9 heteroatoms. The van der Waals surface area contributed by atoms with Gasteiger partial charge in [0.25, 0.3) is 0 Å². The fourth-order valence-electron chi connectivity index (χ4n) is 2.47. The van der Waals surface area contributed by atoms with Gasteiger partial charge in [0.1, 0.15) is 16.8 Å². The fraction of sp³-hybridized carbons (Fsp3) is 0.263. The van der Waals surface area contributed by atoms with Crippen LogP contribution in [0.25, 0.3) is 0 Å². The highest BCUT2D eigenvalue weighted by Crippen LogP contribution is 2.25. The Kier molecular flexibility index (Phi) is 6.34. The van der Waals surface area contributed by atoms with Crippen LogP contribution in [0.3, 0.4) is 0 Å². The Balaban J connectivity index is 1.58. The average molecular weight is 414 g/mol. The zero-order chi connectivity index (χ0) is 20.1. The fourth-order valence-corrected chi connectivity index (χ4v) is 3.94. The van der Waals surface area contributed by atoms with Crippen LogP contribution in [0, 0.1) is 18.3 Å². The molecule has 0 saturated carbocycles. The van der Waals surface area contributed by atoms with Crippen LogP contribution in [0.4, 0.5) is 5.00 Å². The standard InChI is InChI=1S/C19H19N5O2S2/c1-12-4-6-15(7-5-12)26-13(2)17-22-23-19(24(17)3)28-11-16(25)21-18-14(10-20)8-9-27-18/h4-9,13H,11H2,1-3H3,(H,21,25). The first kappa shape index (κ1) is 19.9. The maximum absolute atomic E-state index is 12.2. The molecule has 7 nitrogen and oxygen atoms in total. The van der Waals surface area contributed by atoms with E-state index < -0.39 is 0 Å². The molecule has 0 aliphatic rings. The third-order valence-corrected chi connectivity index (χ3v) is 5.79.